The van der Waals surface area contributed by atoms with Gasteiger partial charge in [0.25, 0.3) is 0 Å². The number of para-hydroxylation sites is 1. The summed E-state index contributed by atoms with van der Waals surface area (Å²) in [6.07, 6.45) is -0.0420. The van der Waals surface area contributed by atoms with E-state index in [2.05, 4.69) is 27.7 Å². The van der Waals surface area contributed by atoms with Crippen LogP contribution in [0.25, 0.3) is 5.69 Å². The van der Waals surface area contributed by atoms with Crippen molar-refractivity contribution in [2.24, 2.45) is 0 Å². The minimum Gasteiger partial charge on any atom is -0.452 e. The Morgan fingerprint density at radius 2 is 2.20 bits per heavy atom. The first-order chi connectivity index (χ1) is 7.22. The number of ether oxygens (including phenoxy) is 1. The highest BCUT2D eigenvalue weighted by molar-refractivity contribution is 14.1. The van der Waals surface area contributed by atoms with Gasteiger partial charge in [0, 0.05) is 3.57 Å². The number of nitrogens with zero attached hydrogens (tertiary/aromatic N) is 2. The van der Waals surface area contributed by atoms with Crippen LogP contribution in [0.4, 0.5) is 0 Å². The first-order valence-electron chi connectivity index (χ1n) is 4.11. The maximum atomic E-state index is 11.4. The van der Waals surface area contributed by atoms with Gasteiger partial charge in [-0.05, 0) is 34.7 Å². The molecule has 0 spiro atoms. The molecule has 0 saturated heterocycles. The molecule has 0 N–H and O–H groups in total. The Balaban J connectivity index is 2.59. The van der Waals surface area contributed by atoms with E-state index in [0.717, 1.165) is 3.57 Å². The number of rotatable bonds is 2. The Bertz CT molecular complexity index is 532. The monoisotopic (exact) mass is 318 g/mol. The molecular weight excluding hydrogens is 311 g/mol. The lowest BCUT2D eigenvalue weighted by Crippen LogP contribution is -2.14. The third-order valence-corrected chi connectivity index (χ3v) is 2.70. The molecule has 0 bridgehead atoms. The summed E-state index contributed by atoms with van der Waals surface area (Å²) < 4.78 is 11.6. The molecule has 0 unspecified atom stereocenters. The van der Waals surface area contributed by atoms with Crippen LogP contribution in [0.2, 0.25) is 0 Å². The quantitative estimate of drug-likeness (QED) is 0.786. The van der Waals surface area contributed by atoms with E-state index in [1.54, 1.807) is 6.07 Å². The van der Waals surface area contributed by atoms with Gasteiger partial charge in [0.15, 0.2) is 0 Å². The van der Waals surface area contributed by atoms with Crippen molar-refractivity contribution in [1.82, 2.24) is 9.78 Å². The third-order valence-electron chi connectivity index (χ3n) is 1.78. The molecule has 1 aromatic heterocycles. The van der Waals surface area contributed by atoms with Gasteiger partial charge in [0.2, 0.25) is 0 Å². The third kappa shape index (κ3) is 1.89. The maximum Gasteiger partial charge on any atom is 0.444 e. The van der Waals surface area contributed by atoms with Gasteiger partial charge in [-0.25, -0.2) is 4.79 Å². The fourth-order valence-corrected chi connectivity index (χ4v) is 1.73. The van der Waals surface area contributed by atoms with Crippen molar-refractivity contribution in [2.75, 3.05) is 7.11 Å². The molecule has 6 heteroatoms. The fraction of sp³-hybridized carbons (Fsp3) is 0.111. The number of halogens is 1. The SMILES string of the molecule is COc1nn(-c2ccccc2I)c(=O)o1. The van der Waals surface area contributed by atoms with Crippen molar-refractivity contribution < 1.29 is 9.15 Å². The number of benzene rings is 1. The molecule has 0 aliphatic heterocycles. The molecule has 0 aliphatic rings. The van der Waals surface area contributed by atoms with Crippen LogP contribution in [-0.2, 0) is 0 Å². The van der Waals surface area contributed by atoms with E-state index >= 15 is 0 Å². The molecular formula is C9H7IN2O3. The van der Waals surface area contributed by atoms with Crippen LogP contribution in [0.1, 0.15) is 0 Å². The van der Waals surface area contributed by atoms with Crippen LogP contribution in [0, 0.1) is 3.57 Å². The second-order valence-corrected chi connectivity index (χ2v) is 3.86. The molecule has 5 nitrogen and oxygen atoms in total. The predicted molar refractivity (Wildman–Crippen MR) is 61.4 cm³/mol. The van der Waals surface area contributed by atoms with Gasteiger partial charge < -0.3 is 9.15 Å². The fourth-order valence-electron chi connectivity index (χ4n) is 1.12. The van der Waals surface area contributed by atoms with Crippen molar-refractivity contribution >= 4 is 22.6 Å². The Hall–Kier alpha value is -1.31. The highest BCUT2D eigenvalue weighted by Gasteiger charge is 2.11. The summed E-state index contributed by atoms with van der Waals surface area (Å²) in [5.41, 5.74) is 0.676. The van der Waals surface area contributed by atoms with Crippen LogP contribution in [-0.4, -0.2) is 16.9 Å². The van der Waals surface area contributed by atoms with Crippen LogP contribution in [0.3, 0.4) is 0 Å². The normalized spacial score (nSPS) is 10.3. The summed E-state index contributed by atoms with van der Waals surface area (Å²) >= 11 is 2.12. The topological polar surface area (TPSA) is 57.3 Å². The second-order valence-electron chi connectivity index (χ2n) is 2.70. The van der Waals surface area contributed by atoms with E-state index in [-0.39, 0.29) is 6.08 Å². The average Bonchev–Trinajstić information content (AvgIpc) is 2.60. The summed E-state index contributed by atoms with van der Waals surface area (Å²) in [5, 5.41) is 3.87. The number of hydrogen-bond donors (Lipinski definition) is 0. The molecule has 2 rings (SSSR count). The van der Waals surface area contributed by atoms with E-state index in [1.807, 2.05) is 18.2 Å². The summed E-state index contributed by atoms with van der Waals surface area (Å²) in [5.74, 6) is -0.559. The lowest BCUT2D eigenvalue weighted by molar-refractivity contribution is 0.282. The van der Waals surface area contributed by atoms with Gasteiger partial charge in [0.1, 0.15) is 0 Å². The summed E-state index contributed by atoms with van der Waals surface area (Å²) in [6, 6.07) is 7.37. The molecule has 0 atom stereocenters. The largest absolute Gasteiger partial charge is 0.452 e. The van der Waals surface area contributed by atoms with Crippen LogP contribution in [0.5, 0.6) is 6.08 Å². The summed E-state index contributed by atoms with van der Waals surface area (Å²) in [4.78, 5) is 11.4. The van der Waals surface area contributed by atoms with Crippen molar-refractivity contribution in [3.63, 3.8) is 0 Å². The predicted octanol–water partition coefficient (Wildman–Crippen LogP) is 1.44. The van der Waals surface area contributed by atoms with Crippen LogP contribution in [0.15, 0.2) is 33.5 Å². The van der Waals surface area contributed by atoms with Crippen molar-refractivity contribution in [3.8, 4) is 11.8 Å². The van der Waals surface area contributed by atoms with Crippen molar-refractivity contribution in [1.29, 1.82) is 0 Å². The highest BCUT2D eigenvalue weighted by atomic mass is 127. The zero-order valence-electron chi connectivity index (χ0n) is 7.81. The minimum absolute atomic E-state index is 0.0420. The molecule has 2 aromatic rings. The summed E-state index contributed by atoms with van der Waals surface area (Å²) in [6.45, 7) is 0. The van der Waals surface area contributed by atoms with Crippen molar-refractivity contribution in [3.05, 3.63) is 38.4 Å². The molecule has 0 saturated carbocycles. The van der Waals surface area contributed by atoms with Crippen molar-refractivity contribution in [2.45, 2.75) is 0 Å². The number of aromatic nitrogens is 2. The van der Waals surface area contributed by atoms with Gasteiger partial charge in [0.05, 0.1) is 12.8 Å². The molecule has 15 heavy (non-hydrogen) atoms. The standard InChI is InChI=1S/C9H7IN2O3/c1-14-8-11-12(9(13)15-8)7-5-3-2-4-6(7)10/h2-5H,1H3. The summed E-state index contributed by atoms with van der Waals surface area (Å²) in [7, 11) is 1.39. The van der Waals surface area contributed by atoms with E-state index < -0.39 is 5.76 Å². The number of hydrogen-bond acceptors (Lipinski definition) is 4. The average molecular weight is 318 g/mol. The lowest BCUT2D eigenvalue weighted by Gasteiger charge is -1.99. The zero-order valence-corrected chi connectivity index (χ0v) is 9.96. The molecule has 1 heterocycles. The Labute approximate surface area is 98.8 Å². The van der Waals surface area contributed by atoms with Crippen LogP contribution >= 0.6 is 22.6 Å². The Morgan fingerprint density at radius 3 is 2.80 bits per heavy atom. The first kappa shape index (κ1) is 10.2. The molecule has 1 aromatic carbocycles. The maximum absolute atomic E-state index is 11.4. The zero-order chi connectivity index (χ0) is 10.8. The van der Waals surface area contributed by atoms with Crippen LogP contribution < -0.4 is 10.5 Å². The Morgan fingerprint density at radius 1 is 1.47 bits per heavy atom. The molecule has 78 valence electrons. The van der Waals surface area contributed by atoms with E-state index in [0.29, 0.717) is 5.69 Å². The van der Waals surface area contributed by atoms with Gasteiger partial charge in [-0.2, -0.15) is 4.68 Å². The van der Waals surface area contributed by atoms with E-state index in [1.165, 1.54) is 11.8 Å². The lowest BCUT2D eigenvalue weighted by atomic mass is 10.3. The van der Waals surface area contributed by atoms with Gasteiger partial charge in [-0.3, -0.25) is 0 Å². The molecule has 0 amide bonds. The smallest absolute Gasteiger partial charge is 0.444 e. The van der Waals surface area contributed by atoms with E-state index in [9.17, 15) is 4.79 Å². The van der Waals surface area contributed by atoms with Gasteiger partial charge >= 0.3 is 11.8 Å². The van der Waals surface area contributed by atoms with E-state index in [4.69, 9.17) is 9.15 Å². The molecule has 0 aliphatic carbocycles. The molecule has 0 fully saturated rings. The van der Waals surface area contributed by atoms with Gasteiger partial charge in [-0.15, -0.1) is 0 Å². The highest BCUT2D eigenvalue weighted by Crippen LogP contribution is 2.15. The molecule has 0 radical (unpaired) electrons. The second kappa shape index (κ2) is 4.05. The number of methoxy groups -OCH3 is 1. The van der Waals surface area contributed by atoms with Gasteiger partial charge in [-0.1, -0.05) is 17.2 Å². The minimum atomic E-state index is -0.559. The first-order valence-corrected chi connectivity index (χ1v) is 5.19. The Kier molecular flexibility index (Phi) is 2.76.